The molecule has 3 N–H and O–H groups in total. The Morgan fingerprint density at radius 2 is 1.75 bits per heavy atom. The van der Waals surface area contributed by atoms with Gasteiger partial charge in [-0.3, -0.25) is 4.79 Å². The van der Waals surface area contributed by atoms with Gasteiger partial charge in [0, 0.05) is 24.1 Å². The maximum atomic E-state index is 12.6. The number of ether oxygens (including phenoxy) is 1. The van der Waals surface area contributed by atoms with Gasteiger partial charge >= 0.3 is 0 Å². The van der Waals surface area contributed by atoms with E-state index < -0.39 is 0 Å². The molecule has 1 fully saturated rings. The summed E-state index contributed by atoms with van der Waals surface area (Å²) in [7, 11) is 3.64. The Labute approximate surface area is 167 Å². The summed E-state index contributed by atoms with van der Waals surface area (Å²) >= 11 is 0. The van der Waals surface area contributed by atoms with Crippen LogP contribution in [0.4, 0.5) is 0 Å². The molecule has 0 unspecified atom stereocenters. The lowest BCUT2D eigenvalue weighted by atomic mass is 9.85. The molecule has 28 heavy (non-hydrogen) atoms. The zero-order valence-corrected chi connectivity index (χ0v) is 16.7. The van der Waals surface area contributed by atoms with Gasteiger partial charge in [-0.15, -0.1) is 0 Å². The Hall–Kier alpha value is -2.37. The Morgan fingerprint density at radius 3 is 2.36 bits per heavy atom. The van der Waals surface area contributed by atoms with Gasteiger partial charge in [0.15, 0.2) is 0 Å². The second kappa shape index (κ2) is 9.71. The van der Waals surface area contributed by atoms with Crippen molar-refractivity contribution in [3.05, 3.63) is 53.6 Å². The molecular formula is C23H30N2O3. The number of aliphatic hydroxyl groups excluding tert-OH is 1. The highest BCUT2D eigenvalue weighted by Crippen LogP contribution is 2.28. The molecular weight excluding hydrogens is 352 g/mol. The van der Waals surface area contributed by atoms with E-state index in [1.807, 2.05) is 43.4 Å². The van der Waals surface area contributed by atoms with Crippen molar-refractivity contribution in [3.8, 4) is 16.9 Å². The van der Waals surface area contributed by atoms with Crippen LogP contribution in [0.1, 0.15) is 36.8 Å². The van der Waals surface area contributed by atoms with E-state index in [9.17, 15) is 9.90 Å². The maximum Gasteiger partial charge on any atom is 0.223 e. The van der Waals surface area contributed by atoms with Crippen LogP contribution < -0.4 is 15.4 Å². The number of rotatable bonds is 7. The number of nitrogens with one attached hydrogen (secondary N) is 2. The van der Waals surface area contributed by atoms with Crippen LogP contribution >= 0.6 is 0 Å². The molecule has 2 aromatic carbocycles. The number of methoxy groups -OCH3 is 1. The quantitative estimate of drug-likeness (QED) is 0.687. The van der Waals surface area contributed by atoms with Crippen LogP contribution in [0.15, 0.2) is 42.5 Å². The number of hydrogen-bond acceptors (Lipinski definition) is 4. The molecule has 1 aliphatic carbocycles. The first-order chi connectivity index (χ1) is 13.6. The van der Waals surface area contributed by atoms with E-state index in [4.69, 9.17) is 4.74 Å². The highest BCUT2D eigenvalue weighted by Gasteiger charge is 2.25. The van der Waals surface area contributed by atoms with Crippen molar-refractivity contribution < 1.29 is 14.6 Å². The normalized spacial score (nSPS) is 19.2. The van der Waals surface area contributed by atoms with Crippen LogP contribution in [0.3, 0.4) is 0 Å². The summed E-state index contributed by atoms with van der Waals surface area (Å²) < 4.78 is 5.49. The molecule has 0 aromatic heterocycles. The van der Waals surface area contributed by atoms with Crippen molar-refractivity contribution in [1.29, 1.82) is 0 Å². The van der Waals surface area contributed by atoms with Gasteiger partial charge in [0.2, 0.25) is 5.91 Å². The van der Waals surface area contributed by atoms with E-state index in [1.165, 1.54) is 0 Å². The minimum Gasteiger partial charge on any atom is -0.496 e. The van der Waals surface area contributed by atoms with E-state index in [0.717, 1.165) is 53.7 Å². The average Bonchev–Trinajstić information content (AvgIpc) is 2.77. The topological polar surface area (TPSA) is 70.6 Å². The molecule has 1 amide bonds. The standard InChI is InChI=1S/C23H30N2O3/c1-24-21-10-7-18(8-11-21)23(27)25-14-20-13-19(9-12-22(20)28-2)17-5-3-16(15-26)4-6-17/h3-6,9,12-13,18,21,24,26H,7-8,10-11,14-15H2,1-2H3,(H,25,27). The molecule has 0 aliphatic heterocycles. The molecule has 0 heterocycles. The summed E-state index contributed by atoms with van der Waals surface area (Å²) in [6.07, 6.45) is 3.98. The first kappa shape index (κ1) is 20.4. The van der Waals surface area contributed by atoms with Gasteiger partial charge in [-0.1, -0.05) is 30.3 Å². The maximum absolute atomic E-state index is 12.6. The van der Waals surface area contributed by atoms with Gasteiger partial charge < -0.3 is 20.5 Å². The van der Waals surface area contributed by atoms with Gasteiger partial charge in [-0.2, -0.15) is 0 Å². The number of carbonyl (C=O) groups excluding carboxylic acids is 1. The highest BCUT2D eigenvalue weighted by atomic mass is 16.5. The van der Waals surface area contributed by atoms with Gasteiger partial charge in [-0.25, -0.2) is 0 Å². The van der Waals surface area contributed by atoms with E-state index in [0.29, 0.717) is 12.6 Å². The van der Waals surface area contributed by atoms with E-state index in [-0.39, 0.29) is 18.4 Å². The summed E-state index contributed by atoms with van der Waals surface area (Å²) in [5, 5.41) is 15.6. The molecule has 5 heteroatoms. The lowest BCUT2D eigenvalue weighted by Gasteiger charge is -2.27. The van der Waals surface area contributed by atoms with Crippen LogP contribution in [-0.4, -0.2) is 31.2 Å². The van der Waals surface area contributed by atoms with E-state index in [2.05, 4.69) is 16.7 Å². The number of benzene rings is 2. The molecule has 3 rings (SSSR count). The van der Waals surface area contributed by atoms with Crippen molar-refractivity contribution in [2.45, 2.75) is 44.9 Å². The lowest BCUT2D eigenvalue weighted by molar-refractivity contribution is -0.126. The van der Waals surface area contributed by atoms with Crippen LogP contribution in [0.2, 0.25) is 0 Å². The highest BCUT2D eigenvalue weighted by molar-refractivity contribution is 5.79. The SMILES string of the molecule is CNC1CCC(C(=O)NCc2cc(-c3ccc(CO)cc3)ccc2OC)CC1. The zero-order valence-electron chi connectivity index (χ0n) is 16.7. The molecule has 1 aliphatic rings. The fourth-order valence-electron chi connectivity index (χ4n) is 3.87. The van der Waals surface area contributed by atoms with Gasteiger partial charge in [0.05, 0.1) is 13.7 Å². The molecule has 0 atom stereocenters. The summed E-state index contributed by atoms with van der Waals surface area (Å²) in [5.74, 6) is 1.01. The minimum absolute atomic E-state index is 0.0381. The van der Waals surface area contributed by atoms with Crippen LogP contribution in [0.5, 0.6) is 5.75 Å². The molecule has 150 valence electrons. The molecule has 0 radical (unpaired) electrons. The van der Waals surface area contributed by atoms with Crippen molar-refractivity contribution in [3.63, 3.8) is 0 Å². The number of carbonyl (C=O) groups is 1. The Bertz CT molecular complexity index is 781. The lowest BCUT2D eigenvalue weighted by Crippen LogP contribution is -2.37. The van der Waals surface area contributed by atoms with Crippen LogP contribution in [0, 0.1) is 5.92 Å². The predicted molar refractivity (Wildman–Crippen MR) is 111 cm³/mol. The zero-order chi connectivity index (χ0) is 19.9. The minimum atomic E-state index is 0.0381. The number of amides is 1. The van der Waals surface area contributed by atoms with Crippen molar-refractivity contribution in [1.82, 2.24) is 10.6 Å². The molecule has 0 bridgehead atoms. The van der Waals surface area contributed by atoms with Crippen LogP contribution in [0.25, 0.3) is 11.1 Å². The first-order valence-corrected chi connectivity index (χ1v) is 9.96. The Balaban J connectivity index is 1.67. The largest absolute Gasteiger partial charge is 0.496 e. The first-order valence-electron chi connectivity index (χ1n) is 9.96. The molecule has 1 saturated carbocycles. The second-order valence-corrected chi connectivity index (χ2v) is 7.44. The average molecular weight is 383 g/mol. The third-order valence-corrected chi connectivity index (χ3v) is 5.71. The van der Waals surface area contributed by atoms with E-state index >= 15 is 0 Å². The third kappa shape index (κ3) is 4.91. The third-order valence-electron chi connectivity index (χ3n) is 5.71. The molecule has 0 spiro atoms. The summed E-state index contributed by atoms with van der Waals surface area (Å²) in [5.41, 5.74) is 3.98. The van der Waals surface area contributed by atoms with Crippen molar-refractivity contribution >= 4 is 5.91 Å². The van der Waals surface area contributed by atoms with Gasteiger partial charge in [0.25, 0.3) is 0 Å². The molecule has 2 aromatic rings. The Morgan fingerprint density at radius 1 is 1.07 bits per heavy atom. The summed E-state index contributed by atoms with van der Waals surface area (Å²) in [6.45, 7) is 0.493. The van der Waals surface area contributed by atoms with Crippen molar-refractivity contribution in [2.24, 2.45) is 5.92 Å². The molecule has 5 nitrogen and oxygen atoms in total. The van der Waals surface area contributed by atoms with E-state index in [1.54, 1.807) is 7.11 Å². The second-order valence-electron chi connectivity index (χ2n) is 7.44. The summed E-state index contributed by atoms with van der Waals surface area (Å²) in [4.78, 5) is 12.6. The molecule has 0 saturated heterocycles. The van der Waals surface area contributed by atoms with Crippen molar-refractivity contribution in [2.75, 3.05) is 14.2 Å². The van der Waals surface area contributed by atoms with Crippen LogP contribution in [-0.2, 0) is 17.9 Å². The van der Waals surface area contributed by atoms with Gasteiger partial charge in [-0.05, 0) is 61.6 Å². The fraction of sp³-hybridized carbons (Fsp3) is 0.435. The smallest absolute Gasteiger partial charge is 0.223 e. The Kier molecular flexibility index (Phi) is 7.06. The van der Waals surface area contributed by atoms with Gasteiger partial charge in [0.1, 0.15) is 5.75 Å². The number of aliphatic hydroxyl groups is 1. The summed E-state index contributed by atoms with van der Waals surface area (Å²) in [6, 6.07) is 14.4. The predicted octanol–water partition coefficient (Wildman–Crippen LogP) is 3.25. The fourth-order valence-corrected chi connectivity index (χ4v) is 3.87. The monoisotopic (exact) mass is 382 g/mol. The number of hydrogen-bond donors (Lipinski definition) is 3.